The van der Waals surface area contributed by atoms with Gasteiger partial charge < -0.3 is 0 Å². The van der Waals surface area contributed by atoms with Crippen molar-refractivity contribution in [2.45, 2.75) is 30.5 Å². The molecule has 0 unspecified atom stereocenters. The van der Waals surface area contributed by atoms with Gasteiger partial charge in [0.15, 0.2) is 0 Å². The Hall–Kier alpha value is -0.450. The molecule has 11 heteroatoms. The molecule has 0 spiro atoms. The van der Waals surface area contributed by atoms with Crippen molar-refractivity contribution < 1.29 is 33.4 Å². The van der Waals surface area contributed by atoms with Crippen molar-refractivity contribution in [2.24, 2.45) is 5.73 Å². The van der Waals surface area contributed by atoms with E-state index in [9.17, 15) is 15.1 Å². The van der Waals surface area contributed by atoms with Crippen molar-refractivity contribution in [3.05, 3.63) is 36.7 Å². The molecule has 1 radical (unpaired) electrons. The van der Waals surface area contributed by atoms with Gasteiger partial charge in [-0.3, -0.25) is 0 Å². The van der Waals surface area contributed by atoms with Crippen LogP contribution in [0, 0.1) is 6.61 Å². The van der Waals surface area contributed by atoms with E-state index in [1.807, 2.05) is 0 Å². The van der Waals surface area contributed by atoms with Gasteiger partial charge in [-0.15, -0.1) is 12.4 Å². The molecule has 1 aromatic heterocycles. The summed E-state index contributed by atoms with van der Waals surface area (Å²) in [6.45, 7) is 0.876. The van der Waals surface area contributed by atoms with Gasteiger partial charge >= 0.3 is 133 Å². The third-order valence-electron chi connectivity index (χ3n) is 3.76. The van der Waals surface area contributed by atoms with Crippen LogP contribution < -0.4 is 5.73 Å². The van der Waals surface area contributed by atoms with Crippen LogP contribution in [0.1, 0.15) is 18.1 Å². The molecule has 0 saturated carbocycles. The second-order valence-corrected chi connectivity index (χ2v) is 7.34. The van der Waals surface area contributed by atoms with Gasteiger partial charge in [-0.2, -0.15) is 0 Å². The Balaban J connectivity index is 0.00000208. The summed E-state index contributed by atoms with van der Waals surface area (Å²) in [5.74, 6) is 0. The Morgan fingerprint density at radius 2 is 2.08 bits per heavy atom. The molecule has 137 valence electrons. The van der Waals surface area contributed by atoms with Crippen LogP contribution in [0.15, 0.2) is 24.5 Å². The van der Waals surface area contributed by atoms with Gasteiger partial charge in [-0.1, -0.05) is 0 Å². The Morgan fingerprint density at radius 3 is 2.71 bits per heavy atom. The fraction of sp³-hybridized carbons (Fsp3) is 0.538. The summed E-state index contributed by atoms with van der Waals surface area (Å²) >= 11 is 0. The summed E-state index contributed by atoms with van der Waals surface area (Å²) in [5.41, 5.74) is 5.00. The molecule has 2 aliphatic rings. The number of nitrogens with two attached hydrogens (primary N) is 1. The van der Waals surface area contributed by atoms with E-state index < -0.39 is 32.7 Å². The molecule has 0 bridgehead atoms. The number of hydrogen-bond acceptors (Lipinski definition) is 9. The normalized spacial score (nSPS) is 36.8. The molecule has 0 aromatic carbocycles. The van der Waals surface area contributed by atoms with E-state index in [-0.39, 0.29) is 25.1 Å². The van der Waals surface area contributed by atoms with E-state index in [1.54, 1.807) is 24.5 Å². The number of aliphatic hydroxyl groups excluding tert-OH is 2. The first-order valence-electron chi connectivity index (χ1n) is 7.16. The molecular formula is C13H21ClN2O7P. The van der Waals surface area contributed by atoms with Crippen LogP contribution in [0.4, 0.5) is 0 Å². The predicted molar refractivity (Wildman–Crippen MR) is 86.7 cm³/mol. The third-order valence-corrected chi connectivity index (χ3v) is 5.43. The monoisotopic (exact) mass is 383 g/mol. The minimum atomic E-state index is -3.94. The zero-order valence-corrected chi connectivity index (χ0v) is 14.5. The molecule has 3 heterocycles. The standard InChI is InChI=1S/C13H20N2O7P.ClH/c14-13(12(17)10(16)7-19-13)8-21-23(18)20-6-3-11(22-23)9-1-4-15-5-2-9;/h1-2,4-5,7,10-12,16-18,23H,3,6,8,14H2;1H/t10-,11+,12+,13-;/m1./s1. The summed E-state index contributed by atoms with van der Waals surface area (Å²) in [7, 11) is -3.94. The van der Waals surface area contributed by atoms with Gasteiger partial charge in [0.1, 0.15) is 0 Å². The van der Waals surface area contributed by atoms with Crippen molar-refractivity contribution in [1.82, 2.24) is 4.98 Å². The van der Waals surface area contributed by atoms with Gasteiger partial charge in [0.2, 0.25) is 0 Å². The van der Waals surface area contributed by atoms with Crippen molar-refractivity contribution in [2.75, 3.05) is 13.2 Å². The molecule has 5 N–H and O–H groups in total. The predicted octanol–water partition coefficient (Wildman–Crippen LogP) is -0.0310. The van der Waals surface area contributed by atoms with E-state index in [1.165, 1.54) is 0 Å². The Labute approximate surface area is 145 Å². The van der Waals surface area contributed by atoms with E-state index in [0.29, 0.717) is 6.42 Å². The number of aliphatic hydroxyl groups is 2. The fourth-order valence-corrected chi connectivity index (χ4v) is 4.03. The van der Waals surface area contributed by atoms with Gasteiger partial charge in [0.25, 0.3) is 0 Å². The van der Waals surface area contributed by atoms with Gasteiger partial charge in [0.05, 0.1) is 0 Å². The third kappa shape index (κ3) is 4.20. The van der Waals surface area contributed by atoms with Crippen molar-refractivity contribution in [3.8, 4) is 0 Å². The number of rotatable bonds is 4. The molecule has 2 fully saturated rings. The van der Waals surface area contributed by atoms with Gasteiger partial charge in [-0.05, 0) is 0 Å². The molecule has 2 aliphatic heterocycles. The van der Waals surface area contributed by atoms with E-state index in [0.717, 1.165) is 12.2 Å². The van der Waals surface area contributed by atoms with Crippen LogP contribution in [-0.2, 0) is 18.3 Å². The number of halogens is 1. The molecule has 3 rings (SSSR count). The fourth-order valence-electron chi connectivity index (χ4n) is 2.41. The van der Waals surface area contributed by atoms with E-state index in [4.69, 9.17) is 24.0 Å². The van der Waals surface area contributed by atoms with Crippen molar-refractivity contribution in [1.29, 1.82) is 0 Å². The second-order valence-electron chi connectivity index (χ2n) is 5.48. The topological polar surface area (TPSA) is 137 Å². The minimum absolute atomic E-state index is 0. The average molecular weight is 384 g/mol. The molecule has 0 aliphatic carbocycles. The van der Waals surface area contributed by atoms with Crippen LogP contribution in [0.3, 0.4) is 0 Å². The molecule has 4 atom stereocenters. The first-order chi connectivity index (χ1) is 10.9. The maximum absolute atomic E-state index is 10.4. The summed E-state index contributed by atoms with van der Waals surface area (Å²) in [6.07, 6.45) is 0.831. The molecule has 9 nitrogen and oxygen atoms in total. The Morgan fingerprint density at radius 1 is 1.38 bits per heavy atom. The SMILES string of the molecule is Cl.N[C@]1(CO[PH]2(O)OCC[C@@H](c3ccncc3)O2)O[CH][C@@H](O)[C@@H]1O. The number of nitrogens with zero attached hydrogens (tertiary/aromatic N) is 1. The molecule has 24 heavy (non-hydrogen) atoms. The van der Waals surface area contributed by atoms with Crippen LogP contribution in [0.25, 0.3) is 0 Å². The molecule has 0 amide bonds. The Bertz CT molecular complexity index is 544. The van der Waals surface area contributed by atoms with E-state index >= 15 is 0 Å². The first kappa shape index (κ1) is 19.9. The van der Waals surface area contributed by atoms with Crippen molar-refractivity contribution in [3.63, 3.8) is 0 Å². The van der Waals surface area contributed by atoms with Crippen LogP contribution >= 0.6 is 20.6 Å². The number of pyridine rings is 1. The molecule has 1 aromatic rings. The zero-order valence-electron chi connectivity index (χ0n) is 12.6. The van der Waals surface area contributed by atoms with Crippen molar-refractivity contribution >= 4 is 20.6 Å². The summed E-state index contributed by atoms with van der Waals surface area (Å²) in [6, 6.07) is 3.56. The van der Waals surface area contributed by atoms with E-state index in [2.05, 4.69) is 4.98 Å². The van der Waals surface area contributed by atoms with Gasteiger partial charge in [-0.25, -0.2) is 0 Å². The molecular weight excluding hydrogens is 363 g/mol. The van der Waals surface area contributed by atoms with Crippen LogP contribution in [0.5, 0.6) is 0 Å². The van der Waals surface area contributed by atoms with Crippen LogP contribution in [0.2, 0.25) is 0 Å². The number of ether oxygens (including phenoxy) is 1. The average Bonchev–Trinajstić information content (AvgIpc) is 2.82. The first-order valence-corrected chi connectivity index (χ1v) is 8.83. The second kappa shape index (κ2) is 7.84. The van der Waals surface area contributed by atoms with Crippen LogP contribution in [-0.4, -0.2) is 51.2 Å². The number of aromatic nitrogens is 1. The molecule has 2 saturated heterocycles. The number of hydrogen-bond donors (Lipinski definition) is 4. The summed E-state index contributed by atoms with van der Waals surface area (Å²) in [5, 5.41) is 19.2. The summed E-state index contributed by atoms with van der Waals surface area (Å²) in [4.78, 5) is 14.4. The van der Waals surface area contributed by atoms with Gasteiger partial charge in [0, 0.05) is 0 Å². The zero-order chi connectivity index (χ0) is 16.5. The quantitative estimate of drug-likeness (QED) is 0.528. The maximum atomic E-state index is 10.4. The summed E-state index contributed by atoms with van der Waals surface area (Å²) < 4.78 is 21.2. The Kier molecular flexibility index (Phi) is 6.49.